The number of hydrogen-bond acceptors (Lipinski definition) is 5. The molecule has 0 aliphatic rings. The van der Waals surface area contributed by atoms with Crippen molar-refractivity contribution < 1.29 is 4.52 Å². The smallest absolute Gasteiger partial charge is 0.240 e. The SMILES string of the molecule is Cn1ccc(CNCc2nc(Cc3ccccc3)no2)n1. The molecule has 0 spiro atoms. The minimum atomic E-state index is 0.540. The van der Waals surface area contributed by atoms with Gasteiger partial charge < -0.3 is 9.84 Å². The summed E-state index contributed by atoms with van der Waals surface area (Å²) in [6.45, 7) is 1.22. The van der Waals surface area contributed by atoms with Gasteiger partial charge in [-0.15, -0.1) is 0 Å². The molecule has 0 fully saturated rings. The highest BCUT2D eigenvalue weighted by molar-refractivity contribution is 5.18. The predicted octanol–water partition coefficient (Wildman–Crippen LogP) is 1.68. The monoisotopic (exact) mass is 283 g/mol. The van der Waals surface area contributed by atoms with Gasteiger partial charge in [0.05, 0.1) is 12.2 Å². The molecular weight excluding hydrogens is 266 g/mol. The van der Waals surface area contributed by atoms with E-state index in [2.05, 4.69) is 32.7 Å². The first-order valence-electron chi connectivity index (χ1n) is 6.84. The van der Waals surface area contributed by atoms with Crippen LogP contribution >= 0.6 is 0 Å². The number of hydrogen-bond donors (Lipinski definition) is 1. The molecule has 21 heavy (non-hydrogen) atoms. The Kier molecular flexibility index (Phi) is 4.07. The van der Waals surface area contributed by atoms with E-state index in [0.29, 0.717) is 31.2 Å². The molecule has 0 saturated carbocycles. The van der Waals surface area contributed by atoms with Crippen molar-refractivity contribution in [3.63, 3.8) is 0 Å². The Bertz CT molecular complexity index is 689. The number of aryl methyl sites for hydroxylation is 1. The maximum Gasteiger partial charge on any atom is 0.240 e. The van der Waals surface area contributed by atoms with E-state index in [1.165, 1.54) is 5.56 Å². The Morgan fingerprint density at radius 2 is 2.00 bits per heavy atom. The number of benzene rings is 1. The van der Waals surface area contributed by atoms with E-state index >= 15 is 0 Å². The molecule has 1 aromatic carbocycles. The first-order valence-corrected chi connectivity index (χ1v) is 6.84. The van der Waals surface area contributed by atoms with Gasteiger partial charge in [-0.3, -0.25) is 4.68 Å². The number of nitrogens with zero attached hydrogens (tertiary/aromatic N) is 4. The summed E-state index contributed by atoms with van der Waals surface area (Å²) in [5.74, 6) is 1.30. The highest BCUT2D eigenvalue weighted by Gasteiger charge is 2.07. The van der Waals surface area contributed by atoms with Gasteiger partial charge in [0.15, 0.2) is 5.82 Å². The summed E-state index contributed by atoms with van der Waals surface area (Å²) in [5.41, 5.74) is 2.16. The standard InChI is InChI=1S/C15H17N5O/c1-20-8-7-13(18-20)10-16-11-15-17-14(19-21-15)9-12-5-3-2-4-6-12/h2-8,16H,9-11H2,1H3. The van der Waals surface area contributed by atoms with E-state index < -0.39 is 0 Å². The molecule has 0 bridgehead atoms. The lowest BCUT2D eigenvalue weighted by Gasteiger charge is -1.97. The van der Waals surface area contributed by atoms with Crippen LogP contribution < -0.4 is 5.32 Å². The summed E-state index contributed by atoms with van der Waals surface area (Å²) in [5, 5.41) is 11.5. The van der Waals surface area contributed by atoms with Crippen LogP contribution in [0.4, 0.5) is 0 Å². The lowest BCUT2D eigenvalue weighted by Crippen LogP contribution is -2.13. The van der Waals surface area contributed by atoms with E-state index in [1.807, 2.05) is 37.5 Å². The molecule has 3 rings (SSSR count). The van der Waals surface area contributed by atoms with Gasteiger partial charge in [-0.05, 0) is 11.6 Å². The third-order valence-electron chi connectivity index (χ3n) is 3.07. The van der Waals surface area contributed by atoms with Crippen molar-refractivity contribution >= 4 is 0 Å². The Labute approximate surface area is 122 Å². The van der Waals surface area contributed by atoms with Crippen molar-refractivity contribution in [1.29, 1.82) is 0 Å². The van der Waals surface area contributed by atoms with Crippen molar-refractivity contribution in [3.8, 4) is 0 Å². The van der Waals surface area contributed by atoms with Crippen molar-refractivity contribution in [2.45, 2.75) is 19.5 Å². The largest absolute Gasteiger partial charge is 0.338 e. The molecule has 0 aliphatic heterocycles. The van der Waals surface area contributed by atoms with Gasteiger partial charge >= 0.3 is 0 Å². The van der Waals surface area contributed by atoms with Crippen LogP contribution in [-0.4, -0.2) is 19.9 Å². The van der Waals surface area contributed by atoms with Gasteiger partial charge in [0.1, 0.15) is 0 Å². The zero-order valence-corrected chi connectivity index (χ0v) is 11.9. The van der Waals surface area contributed by atoms with Crippen LogP contribution in [0, 0.1) is 0 Å². The highest BCUT2D eigenvalue weighted by atomic mass is 16.5. The Balaban J connectivity index is 1.51. The Morgan fingerprint density at radius 1 is 1.14 bits per heavy atom. The molecule has 6 nitrogen and oxygen atoms in total. The van der Waals surface area contributed by atoms with Gasteiger partial charge in [-0.2, -0.15) is 10.1 Å². The van der Waals surface area contributed by atoms with Gasteiger partial charge in [-0.25, -0.2) is 0 Å². The molecule has 0 atom stereocenters. The van der Waals surface area contributed by atoms with Crippen LogP contribution in [0.2, 0.25) is 0 Å². The second-order valence-electron chi connectivity index (χ2n) is 4.85. The second kappa shape index (κ2) is 6.32. The van der Waals surface area contributed by atoms with Crippen molar-refractivity contribution in [1.82, 2.24) is 25.2 Å². The van der Waals surface area contributed by atoms with Crippen molar-refractivity contribution in [2.75, 3.05) is 0 Å². The average molecular weight is 283 g/mol. The molecule has 0 unspecified atom stereocenters. The minimum absolute atomic E-state index is 0.540. The number of rotatable bonds is 6. The van der Waals surface area contributed by atoms with E-state index in [1.54, 1.807) is 4.68 Å². The average Bonchev–Trinajstić information content (AvgIpc) is 3.10. The van der Waals surface area contributed by atoms with Crippen LogP contribution in [-0.2, 0) is 26.6 Å². The summed E-state index contributed by atoms with van der Waals surface area (Å²) in [6.07, 6.45) is 2.60. The summed E-state index contributed by atoms with van der Waals surface area (Å²) >= 11 is 0. The van der Waals surface area contributed by atoms with Crippen LogP contribution in [0.25, 0.3) is 0 Å². The minimum Gasteiger partial charge on any atom is -0.338 e. The lowest BCUT2D eigenvalue weighted by molar-refractivity contribution is 0.363. The quantitative estimate of drug-likeness (QED) is 0.745. The van der Waals surface area contributed by atoms with Gasteiger partial charge in [0.2, 0.25) is 5.89 Å². The number of nitrogens with one attached hydrogen (secondary N) is 1. The fraction of sp³-hybridized carbons (Fsp3) is 0.267. The maximum absolute atomic E-state index is 5.23. The lowest BCUT2D eigenvalue weighted by atomic mass is 10.1. The van der Waals surface area contributed by atoms with E-state index in [-0.39, 0.29) is 0 Å². The zero-order valence-electron chi connectivity index (χ0n) is 11.9. The maximum atomic E-state index is 5.23. The third-order valence-corrected chi connectivity index (χ3v) is 3.07. The summed E-state index contributed by atoms with van der Waals surface area (Å²) in [6, 6.07) is 12.1. The first-order chi connectivity index (χ1) is 10.3. The molecule has 0 saturated heterocycles. The fourth-order valence-corrected chi connectivity index (χ4v) is 2.07. The molecule has 0 radical (unpaired) electrons. The van der Waals surface area contributed by atoms with Crippen LogP contribution in [0.1, 0.15) is 23.0 Å². The highest BCUT2D eigenvalue weighted by Crippen LogP contribution is 2.06. The topological polar surface area (TPSA) is 68.8 Å². The molecule has 0 aliphatic carbocycles. The second-order valence-corrected chi connectivity index (χ2v) is 4.85. The molecule has 2 aromatic heterocycles. The molecule has 3 aromatic rings. The fourth-order valence-electron chi connectivity index (χ4n) is 2.07. The molecular formula is C15H17N5O. The van der Waals surface area contributed by atoms with Gasteiger partial charge in [0.25, 0.3) is 0 Å². The summed E-state index contributed by atoms with van der Waals surface area (Å²) in [4.78, 5) is 4.38. The van der Waals surface area contributed by atoms with Crippen molar-refractivity contribution in [3.05, 3.63) is 65.6 Å². The molecule has 6 heteroatoms. The third kappa shape index (κ3) is 3.76. The van der Waals surface area contributed by atoms with Crippen molar-refractivity contribution in [2.24, 2.45) is 7.05 Å². The summed E-state index contributed by atoms with van der Waals surface area (Å²) < 4.78 is 7.01. The Morgan fingerprint density at radius 3 is 2.76 bits per heavy atom. The Hall–Kier alpha value is -2.47. The molecule has 0 amide bonds. The molecule has 108 valence electrons. The zero-order chi connectivity index (χ0) is 14.5. The van der Waals surface area contributed by atoms with E-state index in [0.717, 1.165) is 5.69 Å². The normalized spacial score (nSPS) is 10.9. The van der Waals surface area contributed by atoms with Crippen LogP contribution in [0.15, 0.2) is 47.1 Å². The molecule has 1 N–H and O–H groups in total. The summed E-state index contributed by atoms with van der Waals surface area (Å²) in [7, 11) is 1.90. The van der Waals surface area contributed by atoms with Crippen LogP contribution in [0.3, 0.4) is 0 Å². The van der Waals surface area contributed by atoms with E-state index in [9.17, 15) is 0 Å². The molecule has 2 heterocycles. The van der Waals surface area contributed by atoms with Gasteiger partial charge in [0, 0.05) is 26.2 Å². The number of aromatic nitrogens is 4. The predicted molar refractivity (Wildman–Crippen MR) is 77.3 cm³/mol. The first kappa shape index (κ1) is 13.5. The van der Waals surface area contributed by atoms with E-state index in [4.69, 9.17) is 4.52 Å². The van der Waals surface area contributed by atoms with Crippen LogP contribution in [0.5, 0.6) is 0 Å². The van der Waals surface area contributed by atoms with Gasteiger partial charge in [-0.1, -0.05) is 35.5 Å².